The Morgan fingerprint density at radius 1 is 1.29 bits per heavy atom. The molecule has 1 heterocycles. The highest BCUT2D eigenvalue weighted by Crippen LogP contribution is 2.32. The fourth-order valence-electron chi connectivity index (χ4n) is 2.76. The van der Waals surface area contributed by atoms with Gasteiger partial charge in [0, 0.05) is 5.02 Å². The summed E-state index contributed by atoms with van der Waals surface area (Å²) in [6, 6.07) is 9.80. The van der Waals surface area contributed by atoms with Gasteiger partial charge in [0.15, 0.2) is 5.03 Å². The van der Waals surface area contributed by atoms with E-state index in [4.69, 9.17) is 11.6 Å². The van der Waals surface area contributed by atoms with Crippen molar-refractivity contribution in [3.05, 3.63) is 58.2 Å². The van der Waals surface area contributed by atoms with Crippen LogP contribution in [0.3, 0.4) is 0 Å². The predicted molar refractivity (Wildman–Crippen MR) is 90.5 cm³/mol. The molecule has 24 heavy (non-hydrogen) atoms. The minimum atomic E-state index is -3.69. The van der Waals surface area contributed by atoms with E-state index in [9.17, 15) is 13.2 Å². The van der Waals surface area contributed by atoms with Crippen molar-refractivity contribution in [2.24, 2.45) is 0 Å². The number of rotatable bonds is 4. The molecule has 0 spiro atoms. The van der Waals surface area contributed by atoms with Crippen molar-refractivity contribution in [1.82, 2.24) is 15.0 Å². The summed E-state index contributed by atoms with van der Waals surface area (Å²) in [5, 5.41) is 3.40. The number of pyridine rings is 1. The quantitative estimate of drug-likeness (QED) is 0.868. The standard InChI is InChI=1S/C16H16ClN3O3S/c1-18-24(22,23)15-4-2-3-14(19-15)16(21)20-13-8-5-10-9-11(17)6-7-12(10)13/h2-4,6-7,9,13,18H,5,8H2,1H3,(H,20,21)/t13-/m1/s1. The number of hydrogen-bond donors (Lipinski definition) is 2. The van der Waals surface area contributed by atoms with Crippen LogP contribution in [-0.4, -0.2) is 26.4 Å². The van der Waals surface area contributed by atoms with Crippen LogP contribution in [0.4, 0.5) is 0 Å². The molecule has 1 aliphatic rings. The van der Waals surface area contributed by atoms with Crippen molar-refractivity contribution >= 4 is 27.5 Å². The number of carbonyl (C=O) groups is 1. The summed E-state index contributed by atoms with van der Waals surface area (Å²) in [6.07, 6.45) is 1.61. The van der Waals surface area contributed by atoms with E-state index in [2.05, 4.69) is 15.0 Å². The Bertz CT molecular complexity index is 899. The average Bonchev–Trinajstić information content (AvgIpc) is 2.96. The van der Waals surface area contributed by atoms with Gasteiger partial charge >= 0.3 is 0 Å². The number of aryl methyl sites for hydroxylation is 1. The van der Waals surface area contributed by atoms with Crippen LogP contribution in [0.2, 0.25) is 5.02 Å². The number of benzene rings is 1. The zero-order valence-electron chi connectivity index (χ0n) is 12.9. The van der Waals surface area contributed by atoms with Gasteiger partial charge in [-0.15, -0.1) is 0 Å². The maximum atomic E-state index is 12.4. The molecule has 1 aromatic carbocycles. The lowest BCUT2D eigenvalue weighted by molar-refractivity contribution is 0.0931. The minimum absolute atomic E-state index is 0.0636. The van der Waals surface area contributed by atoms with Gasteiger partial charge in [-0.25, -0.2) is 18.1 Å². The van der Waals surface area contributed by atoms with E-state index in [1.807, 2.05) is 12.1 Å². The molecular weight excluding hydrogens is 350 g/mol. The number of carbonyl (C=O) groups excluding carboxylic acids is 1. The zero-order chi connectivity index (χ0) is 17.3. The molecular formula is C16H16ClN3O3S. The van der Waals surface area contributed by atoms with E-state index in [0.717, 1.165) is 24.0 Å². The smallest absolute Gasteiger partial charge is 0.270 e. The van der Waals surface area contributed by atoms with Gasteiger partial charge in [-0.05, 0) is 55.3 Å². The fraction of sp³-hybridized carbons (Fsp3) is 0.250. The lowest BCUT2D eigenvalue weighted by Gasteiger charge is -2.14. The Labute approximate surface area is 145 Å². The molecule has 126 valence electrons. The van der Waals surface area contributed by atoms with E-state index in [0.29, 0.717) is 5.02 Å². The Kier molecular flexibility index (Phi) is 4.58. The van der Waals surface area contributed by atoms with E-state index >= 15 is 0 Å². The molecule has 2 aromatic rings. The molecule has 0 radical (unpaired) electrons. The largest absolute Gasteiger partial charge is 0.344 e. The molecule has 6 nitrogen and oxygen atoms in total. The summed E-state index contributed by atoms with van der Waals surface area (Å²) >= 11 is 5.99. The normalized spacial score (nSPS) is 16.7. The van der Waals surface area contributed by atoms with Crippen LogP contribution in [0.1, 0.15) is 34.1 Å². The summed E-state index contributed by atoms with van der Waals surface area (Å²) < 4.78 is 25.8. The third-order valence-electron chi connectivity index (χ3n) is 3.99. The fourth-order valence-corrected chi connectivity index (χ4v) is 3.64. The first-order valence-corrected chi connectivity index (χ1v) is 9.26. The molecule has 0 saturated carbocycles. The van der Waals surface area contributed by atoms with Gasteiger partial charge in [-0.3, -0.25) is 4.79 Å². The maximum absolute atomic E-state index is 12.4. The minimum Gasteiger partial charge on any atom is -0.344 e. The van der Waals surface area contributed by atoms with Crippen molar-refractivity contribution in [2.75, 3.05) is 7.05 Å². The lowest BCUT2D eigenvalue weighted by atomic mass is 10.1. The predicted octanol–water partition coefficient (Wildman–Crippen LogP) is 2.06. The summed E-state index contributed by atoms with van der Waals surface area (Å²) in [7, 11) is -2.39. The molecule has 0 fully saturated rings. The van der Waals surface area contributed by atoms with E-state index in [1.54, 1.807) is 6.07 Å². The molecule has 1 aliphatic carbocycles. The van der Waals surface area contributed by atoms with Crippen molar-refractivity contribution < 1.29 is 13.2 Å². The molecule has 8 heteroatoms. The Balaban J connectivity index is 1.81. The average molecular weight is 366 g/mol. The number of nitrogens with one attached hydrogen (secondary N) is 2. The molecule has 1 aromatic heterocycles. The second-order valence-corrected chi connectivity index (χ2v) is 7.75. The molecule has 0 bridgehead atoms. The van der Waals surface area contributed by atoms with E-state index in [1.165, 1.54) is 25.2 Å². The molecule has 0 unspecified atom stereocenters. The van der Waals surface area contributed by atoms with Gasteiger partial charge in [0.1, 0.15) is 5.69 Å². The van der Waals surface area contributed by atoms with Gasteiger partial charge in [0.25, 0.3) is 15.9 Å². The second-order valence-electron chi connectivity index (χ2n) is 5.48. The molecule has 1 amide bonds. The Hall–Kier alpha value is -1.96. The number of amides is 1. The Morgan fingerprint density at radius 3 is 2.83 bits per heavy atom. The summed E-state index contributed by atoms with van der Waals surface area (Å²) in [6.45, 7) is 0. The van der Waals surface area contributed by atoms with Crippen molar-refractivity contribution in [1.29, 1.82) is 0 Å². The van der Waals surface area contributed by atoms with Gasteiger partial charge in [-0.1, -0.05) is 23.7 Å². The molecule has 0 aliphatic heterocycles. The van der Waals surface area contributed by atoms with Gasteiger partial charge in [-0.2, -0.15) is 0 Å². The number of fused-ring (bicyclic) bond motifs is 1. The lowest BCUT2D eigenvalue weighted by Crippen LogP contribution is -2.29. The highest BCUT2D eigenvalue weighted by atomic mass is 35.5. The second kappa shape index (κ2) is 6.51. The van der Waals surface area contributed by atoms with Crippen LogP contribution < -0.4 is 10.0 Å². The molecule has 0 saturated heterocycles. The van der Waals surface area contributed by atoms with Gasteiger partial charge in [0.05, 0.1) is 6.04 Å². The molecule has 3 rings (SSSR count). The van der Waals surface area contributed by atoms with Crippen LogP contribution in [0.5, 0.6) is 0 Å². The van der Waals surface area contributed by atoms with Gasteiger partial charge < -0.3 is 5.32 Å². The SMILES string of the molecule is CNS(=O)(=O)c1cccc(C(=O)N[C@@H]2CCc3cc(Cl)ccc32)n1. The van der Waals surface area contributed by atoms with Crippen LogP contribution in [0.25, 0.3) is 0 Å². The van der Waals surface area contributed by atoms with Crippen LogP contribution in [-0.2, 0) is 16.4 Å². The zero-order valence-corrected chi connectivity index (χ0v) is 14.5. The maximum Gasteiger partial charge on any atom is 0.270 e. The first-order valence-electron chi connectivity index (χ1n) is 7.40. The summed E-state index contributed by atoms with van der Waals surface area (Å²) in [5.41, 5.74) is 2.22. The topological polar surface area (TPSA) is 88.2 Å². The highest BCUT2D eigenvalue weighted by molar-refractivity contribution is 7.89. The van der Waals surface area contributed by atoms with Crippen molar-refractivity contribution in [3.8, 4) is 0 Å². The first-order chi connectivity index (χ1) is 11.4. The Morgan fingerprint density at radius 2 is 2.08 bits per heavy atom. The monoisotopic (exact) mass is 365 g/mol. The van der Waals surface area contributed by atoms with Gasteiger partial charge in [0.2, 0.25) is 0 Å². The van der Waals surface area contributed by atoms with E-state index in [-0.39, 0.29) is 16.8 Å². The van der Waals surface area contributed by atoms with Crippen LogP contribution in [0, 0.1) is 0 Å². The summed E-state index contributed by atoms with van der Waals surface area (Å²) in [4.78, 5) is 16.4. The van der Waals surface area contributed by atoms with Crippen molar-refractivity contribution in [3.63, 3.8) is 0 Å². The number of nitrogens with zero attached hydrogens (tertiary/aromatic N) is 1. The molecule has 1 atom stereocenters. The molecule has 2 N–H and O–H groups in total. The van der Waals surface area contributed by atoms with Crippen molar-refractivity contribution in [2.45, 2.75) is 23.9 Å². The third-order valence-corrected chi connectivity index (χ3v) is 5.54. The highest BCUT2D eigenvalue weighted by Gasteiger charge is 2.25. The number of halogens is 1. The number of hydrogen-bond acceptors (Lipinski definition) is 4. The van der Waals surface area contributed by atoms with E-state index < -0.39 is 15.9 Å². The number of sulfonamides is 1. The summed E-state index contributed by atoms with van der Waals surface area (Å²) in [5.74, 6) is -0.407. The van der Waals surface area contributed by atoms with Crippen LogP contribution >= 0.6 is 11.6 Å². The number of aromatic nitrogens is 1. The third kappa shape index (κ3) is 3.28. The first kappa shape index (κ1) is 16.9. The van der Waals surface area contributed by atoms with Crippen LogP contribution in [0.15, 0.2) is 41.4 Å².